The predicted molar refractivity (Wildman–Crippen MR) is 56.2 cm³/mol. The first kappa shape index (κ1) is 9.71. The van der Waals surface area contributed by atoms with Gasteiger partial charge in [-0.05, 0) is 32.0 Å². The number of aromatic nitrogens is 1. The molecule has 0 aliphatic rings. The van der Waals surface area contributed by atoms with Gasteiger partial charge in [0.2, 0.25) is 0 Å². The highest BCUT2D eigenvalue weighted by Gasteiger charge is 2.11. The number of nitrogens with zero attached hydrogens (tertiary/aromatic N) is 1. The molecule has 78 valence electrons. The third-order valence-electron chi connectivity index (χ3n) is 2.29. The van der Waals surface area contributed by atoms with Crippen molar-refractivity contribution < 1.29 is 9.21 Å². The fourth-order valence-electron chi connectivity index (χ4n) is 1.61. The number of carbonyl (C=O) groups excluding carboxylic acids is 1. The van der Waals surface area contributed by atoms with Crippen molar-refractivity contribution in [3.05, 3.63) is 34.3 Å². The van der Waals surface area contributed by atoms with Crippen molar-refractivity contribution in [2.24, 2.45) is 0 Å². The Kier molecular flexibility index (Phi) is 2.19. The van der Waals surface area contributed by atoms with Gasteiger partial charge in [0.1, 0.15) is 6.29 Å². The van der Waals surface area contributed by atoms with Crippen molar-refractivity contribution in [1.82, 2.24) is 4.57 Å². The number of hydrogen-bond donors (Lipinski definition) is 0. The zero-order chi connectivity index (χ0) is 11.0. The van der Waals surface area contributed by atoms with Crippen LogP contribution in [0.4, 0.5) is 0 Å². The lowest BCUT2D eigenvalue weighted by atomic mass is 10.2. The molecule has 0 N–H and O–H groups in total. The van der Waals surface area contributed by atoms with Crippen LogP contribution in [0.5, 0.6) is 0 Å². The van der Waals surface area contributed by atoms with Crippen LogP contribution in [-0.4, -0.2) is 10.9 Å². The van der Waals surface area contributed by atoms with E-state index in [-0.39, 0.29) is 11.8 Å². The van der Waals surface area contributed by atoms with Crippen molar-refractivity contribution in [2.45, 2.75) is 19.9 Å². The number of hydrogen-bond acceptors (Lipinski definition) is 3. The van der Waals surface area contributed by atoms with Crippen LogP contribution in [-0.2, 0) is 0 Å². The first-order chi connectivity index (χ1) is 7.13. The summed E-state index contributed by atoms with van der Waals surface area (Å²) in [5, 5.41) is 0. The van der Waals surface area contributed by atoms with Gasteiger partial charge in [0.15, 0.2) is 5.58 Å². The summed E-state index contributed by atoms with van der Waals surface area (Å²) in [6, 6.07) is 4.94. The molecule has 1 aromatic carbocycles. The Labute approximate surface area is 86.1 Å². The predicted octanol–water partition coefficient (Wildman–Crippen LogP) is 1.99. The summed E-state index contributed by atoms with van der Waals surface area (Å²) < 4.78 is 6.58. The largest absolute Gasteiger partial charge is 0.420 e. The van der Waals surface area contributed by atoms with Crippen molar-refractivity contribution in [2.75, 3.05) is 0 Å². The lowest BCUT2D eigenvalue weighted by molar-refractivity contribution is 0.112. The molecule has 0 bridgehead atoms. The van der Waals surface area contributed by atoms with E-state index in [1.54, 1.807) is 18.2 Å². The minimum atomic E-state index is -0.386. The van der Waals surface area contributed by atoms with Gasteiger partial charge in [0, 0.05) is 11.6 Å². The molecule has 1 heterocycles. The maximum Gasteiger partial charge on any atom is 0.420 e. The van der Waals surface area contributed by atoms with Crippen LogP contribution in [0.25, 0.3) is 11.1 Å². The second-order valence-corrected chi connectivity index (χ2v) is 3.68. The van der Waals surface area contributed by atoms with Gasteiger partial charge in [0.25, 0.3) is 0 Å². The van der Waals surface area contributed by atoms with Crippen molar-refractivity contribution in [1.29, 1.82) is 0 Å². The van der Waals surface area contributed by atoms with E-state index in [0.717, 1.165) is 6.29 Å². The standard InChI is InChI=1S/C11H11NO3/c1-7(2)12-9-5-8(6-13)3-4-10(9)15-11(12)14/h3-7H,1-2H3. The molecule has 0 radical (unpaired) electrons. The summed E-state index contributed by atoms with van der Waals surface area (Å²) in [5.41, 5.74) is 1.72. The van der Waals surface area contributed by atoms with Gasteiger partial charge in [0.05, 0.1) is 5.52 Å². The molecule has 0 spiro atoms. The van der Waals surface area contributed by atoms with Gasteiger partial charge in [-0.2, -0.15) is 0 Å². The minimum absolute atomic E-state index is 0.0145. The van der Waals surface area contributed by atoms with E-state index < -0.39 is 0 Å². The summed E-state index contributed by atoms with van der Waals surface area (Å²) in [6.07, 6.45) is 0.752. The molecule has 0 amide bonds. The summed E-state index contributed by atoms with van der Waals surface area (Å²) >= 11 is 0. The Balaban J connectivity index is 2.83. The molecule has 0 saturated carbocycles. The Morgan fingerprint density at radius 1 is 1.40 bits per heavy atom. The fourth-order valence-corrected chi connectivity index (χ4v) is 1.61. The van der Waals surface area contributed by atoms with Crippen molar-refractivity contribution in [3.63, 3.8) is 0 Å². The van der Waals surface area contributed by atoms with Gasteiger partial charge in [-0.15, -0.1) is 0 Å². The molecular weight excluding hydrogens is 194 g/mol. The van der Waals surface area contributed by atoms with Gasteiger partial charge >= 0.3 is 5.76 Å². The monoisotopic (exact) mass is 205 g/mol. The first-order valence-corrected chi connectivity index (χ1v) is 4.73. The number of fused-ring (bicyclic) bond motifs is 1. The number of rotatable bonds is 2. The van der Waals surface area contributed by atoms with Crippen LogP contribution >= 0.6 is 0 Å². The number of oxazole rings is 1. The third kappa shape index (κ3) is 1.48. The van der Waals surface area contributed by atoms with E-state index in [4.69, 9.17) is 4.42 Å². The lowest BCUT2D eigenvalue weighted by Crippen LogP contribution is -2.15. The summed E-state index contributed by atoms with van der Waals surface area (Å²) in [5.74, 6) is -0.386. The van der Waals surface area contributed by atoms with Crippen LogP contribution in [0.15, 0.2) is 27.4 Å². The summed E-state index contributed by atoms with van der Waals surface area (Å²) in [7, 11) is 0. The van der Waals surface area contributed by atoms with E-state index >= 15 is 0 Å². The Bertz CT molecular complexity index is 563. The second-order valence-electron chi connectivity index (χ2n) is 3.68. The maximum atomic E-state index is 11.5. The number of carbonyl (C=O) groups is 1. The zero-order valence-corrected chi connectivity index (χ0v) is 8.56. The molecule has 15 heavy (non-hydrogen) atoms. The fraction of sp³-hybridized carbons (Fsp3) is 0.273. The van der Waals surface area contributed by atoms with E-state index in [1.807, 2.05) is 13.8 Å². The van der Waals surface area contributed by atoms with E-state index in [0.29, 0.717) is 16.7 Å². The SMILES string of the molecule is CC(C)n1c(=O)oc2ccc(C=O)cc21. The molecule has 0 atom stereocenters. The first-order valence-electron chi connectivity index (χ1n) is 4.73. The van der Waals surface area contributed by atoms with Crippen LogP contribution in [0, 0.1) is 0 Å². The maximum absolute atomic E-state index is 11.5. The molecule has 0 aliphatic carbocycles. The molecule has 0 saturated heterocycles. The Morgan fingerprint density at radius 3 is 2.73 bits per heavy atom. The molecule has 2 aromatic rings. The highest BCUT2D eigenvalue weighted by atomic mass is 16.4. The van der Waals surface area contributed by atoms with Crippen LogP contribution in [0.3, 0.4) is 0 Å². The third-order valence-corrected chi connectivity index (χ3v) is 2.29. The Morgan fingerprint density at radius 2 is 2.13 bits per heavy atom. The number of aldehydes is 1. The normalized spacial score (nSPS) is 11.1. The van der Waals surface area contributed by atoms with E-state index in [2.05, 4.69) is 0 Å². The van der Waals surface area contributed by atoms with E-state index in [9.17, 15) is 9.59 Å². The molecule has 0 unspecified atom stereocenters. The molecule has 0 aliphatic heterocycles. The topological polar surface area (TPSA) is 52.2 Å². The average molecular weight is 205 g/mol. The molecular formula is C11H11NO3. The van der Waals surface area contributed by atoms with Gasteiger partial charge in [-0.25, -0.2) is 4.79 Å². The summed E-state index contributed by atoms with van der Waals surface area (Å²) in [4.78, 5) is 22.1. The molecule has 0 fully saturated rings. The Hall–Kier alpha value is -1.84. The van der Waals surface area contributed by atoms with Crippen molar-refractivity contribution >= 4 is 17.4 Å². The average Bonchev–Trinajstić information content (AvgIpc) is 2.52. The zero-order valence-electron chi connectivity index (χ0n) is 8.56. The van der Waals surface area contributed by atoms with Gasteiger partial charge in [-0.3, -0.25) is 9.36 Å². The van der Waals surface area contributed by atoms with Crippen molar-refractivity contribution in [3.8, 4) is 0 Å². The second kappa shape index (κ2) is 3.38. The summed E-state index contributed by atoms with van der Waals surface area (Å²) in [6.45, 7) is 3.79. The number of benzene rings is 1. The van der Waals surface area contributed by atoms with Gasteiger partial charge < -0.3 is 4.42 Å². The highest BCUT2D eigenvalue weighted by molar-refractivity contribution is 5.83. The molecule has 4 heteroatoms. The molecule has 2 rings (SSSR count). The van der Waals surface area contributed by atoms with Crippen LogP contribution in [0.2, 0.25) is 0 Å². The van der Waals surface area contributed by atoms with Gasteiger partial charge in [-0.1, -0.05) is 0 Å². The minimum Gasteiger partial charge on any atom is -0.408 e. The highest BCUT2D eigenvalue weighted by Crippen LogP contribution is 2.17. The molecule has 4 nitrogen and oxygen atoms in total. The van der Waals surface area contributed by atoms with Crippen LogP contribution in [0.1, 0.15) is 30.2 Å². The van der Waals surface area contributed by atoms with Crippen LogP contribution < -0.4 is 5.76 Å². The van der Waals surface area contributed by atoms with E-state index in [1.165, 1.54) is 4.57 Å². The smallest absolute Gasteiger partial charge is 0.408 e. The molecule has 1 aromatic heterocycles. The quantitative estimate of drug-likeness (QED) is 0.704. The lowest BCUT2D eigenvalue weighted by Gasteiger charge is -2.04.